The number of alkyl halides is 2. The molecule has 2 aromatic carbocycles. The fraction of sp³-hybridized carbons (Fsp3) is 0.130. The van der Waals surface area contributed by atoms with E-state index in [-0.39, 0.29) is 5.75 Å². The molecule has 0 saturated carbocycles. The molecule has 0 saturated heterocycles. The predicted molar refractivity (Wildman–Crippen MR) is 117 cm³/mol. The third kappa shape index (κ3) is 5.00. The molecule has 1 aliphatic rings. The number of carbonyl (C=O) groups excluding carboxylic acids is 1. The second-order valence-electron chi connectivity index (χ2n) is 6.82. The Labute approximate surface area is 182 Å². The van der Waals surface area contributed by atoms with Gasteiger partial charge in [-0.1, -0.05) is 29.8 Å². The van der Waals surface area contributed by atoms with Crippen molar-refractivity contribution in [1.82, 2.24) is 9.78 Å². The average molecular weight is 442 g/mol. The first kappa shape index (κ1) is 20.8. The molecule has 5 nitrogen and oxygen atoms in total. The van der Waals surface area contributed by atoms with Crippen molar-refractivity contribution in [2.24, 2.45) is 0 Å². The number of nitrogens with zero attached hydrogens (tertiary/aromatic N) is 2. The van der Waals surface area contributed by atoms with Gasteiger partial charge in [0.15, 0.2) is 0 Å². The first-order chi connectivity index (χ1) is 15.0. The Morgan fingerprint density at radius 1 is 1.10 bits per heavy atom. The van der Waals surface area contributed by atoms with Gasteiger partial charge in [-0.15, -0.1) is 0 Å². The molecule has 0 bridgehead atoms. The summed E-state index contributed by atoms with van der Waals surface area (Å²) in [5.74, 6) is 0.0528. The van der Waals surface area contributed by atoms with Crippen LogP contribution in [0, 0.1) is 0 Å². The third-order valence-electron chi connectivity index (χ3n) is 4.68. The lowest BCUT2D eigenvalue weighted by Crippen LogP contribution is -2.19. The SMILES string of the molecule is O=C(Nc1ccc(Cl)cc1)n1cc(C2=CCCC=C2)c(-c2ccc(OC(F)F)cc2)n1. The van der Waals surface area contributed by atoms with E-state index in [1.54, 1.807) is 42.6 Å². The summed E-state index contributed by atoms with van der Waals surface area (Å²) < 4.78 is 30.5. The van der Waals surface area contributed by atoms with E-state index >= 15 is 0 Å². The molecular formula is C23H18ClF2N3O2. The quantitative estimate of drug-likeness (QED) is 0.484. The number of hydrogen-bond acceptors (Lipinski definition) is 3. The summed E-state index contributed by atoms with van der Waals surface area (Å²) in [6.07, 6.45) is 9.61. The normalized spacial score (nSPS) is 13.2. The number of halogens is 3. The lowest BCUT2D eigenvalue weighted by molar-refractivity contribution is -0.0498. The average Bonchev–Trinajstić information content (AvgIpc) is 3.22. The van der Waals surface area contributed by atoms with E-state index in [0.29, 0.717) is 22.0 Å². The molecule has 0 atom stereocenters. The Morgan fingerprint density at radius 3 is 2.48 bits per heavy atom. The van der Waals surface area contributed by atoms with Crippen LogP contribution in [0.5, 0.6) is 5.75 Å². The minimum Gasteiger partial charge on any atom is -0.435 e. The standard InChI is InChI=1S/C23H18ClF2N3O2/c24-17-8-10-18(11-9-17)27-23(30)29-14-20(15-4-2-1-3-5-15)21(28-29)16-6-12-19(13-7-16)31-22(25)26/h2,4-14,22H,1,3H2,(H,27,30). The summed E-state index contributed by atoms with van der Waals surface area (Å²) in [5, 5.41) is 7.81. The van der Waals surface area contributed by atoms with Gasteiger partial charge in [0.1, 0.15) is 11.4 Å². The summed E-state index contributed by atoms with van der Waals surface area (Å²) in [6.45, 7) is -2.89. The molecule has 0 radical (unpaired) electrons. The molecule has 8 heteroatoms. The summed E-state index contributed by atoms with van der Waals surface area (Å²) in [7, 11) is 0. The van der Waals surface area contributed by atoms with Gasteiger partial charge >= 0.3 is 12.6 Å². The Balaban J connectivity index is 1.67. The number of hydrogen-bond donors (Lipinski definition) is 1. The fourth-order valence-corrected chi connectivity index (χ4v) is 3.35. The van der Waals surface area contributed by atoms with Gasteiger partial charge in [0.2, 0.25) is 0 Å². The second kappa shape index (κ2) is 9.14. The van der Waals surface area contributed by atoms with Crippen molar-refractivity contribution >= 4 is 28.9 Å². The van der Waals surface area contributed by atoms with Gasteiger partial charge in [-0.05, 0) is 66.9 Å². The molecule has 1 amide bonds. The molecular weight excluding hydrogens is 424 g/mol. The number of anilines is 1. The van der Waals surface area contributed by atoms with Crippen LogP contribution in [0.1, 0.15) is 18.4 Å². The molecule has 1 aliphatic carbocycles. The maximum absolute atomic E-state index is 12.8. The topological polar surface area (TPSA) is 56.2 Å². The van der Waals surface area contributed by atoms with Crippen LogP contribution in [0.15, 0.2) is 73.0 Å². The third-order valence-corrected chi connectivity index (χ3v) is 4.93. The minimum absolute atomic E-state index is 0.0528. The van der Waals surface area contributed by atoms with Gasteiger partial charge in [-0.25, -0.2) is 4.79 Å². The molecule has 0 unspecified atom stereocenters. The van der Waals surface area contributed by atoms with E-state index in [9.17, 15) is 13.6 Å². The van der Waals surface area contributed by atoms with Crippen LogP contribution in [0.3, 0.4) is 0 Å². The summed E-state index contributed by atoms with van der Waals surface area (Å²) in [4.78, 5) is 12.8. The highest BCUT2D eigenvalue weighted by Crippen LogP contribution is 2.32. The zero-order valence-electron chi connectivity index (χ0n) is 16.3. The molecule has 1 N–H and O–H groups in total. The number of rotatable bonds is 5. The van der Waals surface area contributed by atoms with Crippen LogP contribution >= 0.6 is 11.6 Å². The monoisotopic (exact) mass is 441 g/mol. The molecule has 31 heavy (non-hydrogen) atoms. The molecule has 0 fully saturated rings. The van der Waals surface area contributed by atoms with E-state index in [1.165, 1.54) is 16.8 Å². The van der Waals surface area contributed by atoms with Crippen LogP contribution in [0.4, 0.5) is 19.3 Å². The zero-order chi connectivity index (χ0) is 21.8. The van der Waals surface area contributed by atoms with Crippen molar-refractivity contribution in [2.75, 3.05) is 5.32 Å². The molecule has 158 valence electrons. The number of carbonyl (C=O) groups is 1. The van der Waals surface area contributed by atoms with Crippen molar-refractivity contribution in [2.45, 2.75) is 19.5 Å². The number of benzene rings is 2. The lowest BCUT2D eigenvalue weighted by Gasteiger charge is -2.08. The highest BCUT2D eigenvalue weighted by atomic mass is 35.5. The van der Waals surface area contributed by atoms with Gasteiger partial charge in [0.05, 0.1) is 0 Å². The van der Waals surface area contributed by atoms with Gasteiger partial charge in [-0.3, -0.25) is 0 Å². The van der Waals surface area contributed by atoms with Gasteiger partial charge in [0.25, 0.3) is 0 Å². The van der Waals surface area contributed by atoms with Crippen LogP contribution in [0.2, 0.25) is 5.02 Å². The Hall–Kier alpha value is -3.45. The number of ether oxygens (including phenoxy) is 1. The maximum atomic E-state index is 12.8. The molecule has 3 aromatic rings. The number of allylic oxidation sites excluding steroid dienone is 4. The van der Waals surface area contributed by atoms with Crippen molar-refractivity contribution < 1.29 is 18.3 Å². The Bertz CT molecular complexity index is 1140. The highest BCUT2D eigenvalue weighted by molar-refractivity contribution is 6.30. The first-order valence-electron chi connectivity index (χ1n) is 9.58. The number of amides is 1. The van der Waals surface area contributed by atoms with Crippen LogP contribution in [-0.4, -0.2) is 22.4 Å². The van der Waals surface area contributed by atoms with E-state index in [0.717, 1.165) is 24.0 Å². The summed E-state index contributed by atoms with van der Waals surface area (Å²) in [5.41, 5.74) is 3.53. The molecule has 1 heterocycles. The predicted octanol–water partition coefficient (Wildman–Crippen LogP) is 6.62. The molecule has 4 rings (SSSR count). The van der Waals surface area contributed by atoms with E-state index in [1.807, 2.05) is 6.08 Å². The van der Waals surface area contributed by atoms with Gasteiger partial charge in [0, 0.05) is 28.0 Å². The smallest absolute Gasteiger partial charge is 0.387 e. The second-order valence-corrected chi connectivity index (χ2v) is 7.25. The summed E-state index contributed by atoms with van der Waals surface area (Å²) >= 11 is 5.89. The molecule has 0 aliphatic heterocycles. The van der Waals surface area contributed by atoms with E-state index in [2.05, 4.69) is 27.3 Å². The van der Waals surface area contributed by atoms with Gasteiger partial charge in [-0.2, -0.15) is 18.6 Å². The van der Waals surface area contributed by atoms with Crippen molar-refractivity contribution in [1.29, 1.82) is 0 Å². The Kier molecular flexibility index (Phi) is 6.13. The van der Waals surface area contributed by atoms with E-state index < -0.39 is 12.6 Å². The van der Waals surface area contributed by atoms with Crippen LogP contribution in [0.25, 0.3) is 16.8 Å². The van der Waals surface area contributed by atoms with Crippen molar-refractivity contribution in [3.8, 4) is 17.0 Å². The Morgan fingerprint density at radius 2 is 1.84 bits per heavy atom. The fourth-order valence-electron chi connectivity index (χ4n) is 3.22. The number of aromatic nitrogens is 2. The van der Waals surface area contributed by atoms with Crippen molar-refractivity contribution in [3.05, 3.63) is 83.5 Å². The van der Waals surface area contributed by atoms with Gasteiger partial charge < -0.3 is 10.1 Å². The molecule has 1 aromatic heterocycles. The largest absolute Gasteiger partial charge is 0.435 e. The lowest BCUT2D eigenvalue weighted by atomic mass is 9.97. The number of nitrogens with one attached hydrogen (secondary N) is 1. The maximum Gasteiger partial charge on any atom is 0.387 e. The van der Waals surface area contributed by atoms with E-state index in [4.69, 9.17) is 11.6 Å². The highest BCUT2D eigenvalue weighted by Gasteiger charge is 2.18. The first-order valence-corrected chi connectivity index (χ1v) is 9.96. The molecule has 0 spiro atoms. The van der Waals surface area contributed by atoms with Crippen LogP contribution < -0.4 is 10.1 Å². The zero-order valence-corrected chi connectivity index (χ0v) is 17.0. The van der Waals surface area contributed by atoms with Crippen LogP contribution in [-0.2, 0) is 0 Å². The summed E-state index contributed by atoms with van der Waals surface area (Å²) in [6, 6.07) is 12.5. The van der Waals surface area contributed by atoms with Crippen molar-refractivity contribution in [3.63, 3.8) is 0 Å². The minimum atomic E-state index is -2.89.